The molecule has 2 N–H and O–H groups in total. The van der Waals surface area contributed by atoms with Crippen LogP contribution in [0.15, 0.2) is 11.4 Å². The Labute approximate surface area is 131 Å². The normalized spacial score (nSPS) is 27.3. The van der Waals surface area contributed by atoms with Gasteiger partial charge in [0.2, 0.25) is 0 Å². The molecule has 0 aromatic carbocycles. The predicted molar refractivity (Wildman–Crippen MR) is 78.6 cm³/mol. The number of nitrogens with one attached hydrogen (secondary N) is 2. The van der Waals surface area contributed by atoms with Crippen LogP contribution in [0.2, 0.25) is 0 Å². The molecule has 2 aliphatic rings. The van der Waals surface area contributed by atoms with E-state index in [9.17, 15) is 13.6 Å². The van der Waals surface area contributed by atoms with E-state index in [1.807, 2.05) is 0 Å². The molecule has 1 amide bonds. The maximum absolute atomic E-state index is 12.3. The van der Waals surface area contributed by atoms with E-state index >= 15 is 0 Å². The van der Waals surface area contributed by atoms with Crippen molar-refractivity contribution < 1.29 is 18.3 Å². The van der Waals surface area contributed by atoms with Crippen LogP contribution in [0.4, 0.5) is 8.78 Å². The van der Waals surface area contributed by atoms with Gasteiger partial charge in [-0.1, -0.05) is 0 Å². The van der Waals surface area contributed by atoms with E-state index in [4.69, 9.17) is 0 Å². The highest BCUT2D eigenvalue weighted by molar-refractivity contribution is 7.12. The average molecular weight is 339 g/mol. The molecule has 2 atom stereocenters. The van der Waals surface area contributed by atoms with Crippen molar-refractivity contribution in [3.63, 3.8) is 0 Å². The molecule has 21 heavy (non-hydrogen) atoms. The Kier molecular flexibility index (Phi) is 5.40. The zero-order chi connectivity index (χ0) is 14.1. The third kappa shape index (κ3) is 3.84. The van der Waals surface area contributed by atoms with Crippen molar-refractivity contribution in [2.45, 2.75) is 50.4 Å². The second-order valence-electron chi connectivity index (χ2n) is 5.27. The number of carbonyl (C=O) groups is 1. The minimum atomic E-state index is -2.91. The fourth-order valence-corrected chi connectivity index (χ4v) is 3.80. The molecule has 118 valence electrons. The van der Waals surface area contributed by atoms with Crippen molar-refractivity contribution in [3.8, 4) is 5.75 Å². The molecular formula is C13H17ClF2N2O2S. The molecule has 3 rings (SSSR count). The van der Waals surface area contributed by atoms with Crippen LogP contribution in [0.25, 0.3) is 0 Å². The van der Waals surface area contributed by atoms with Crippen LogP contribution in [0.1, 0.15) is 35.4 Å². The Bertz CT molecular complexity index is 488. The molecular weight excluding hydrogens is 322 g/mol. The van der Waals surface area contributed by atoms with E-state index in [1.165, 1.54) is 6.07 Å². The molecule has 2 saturated heterocycles. The molecule has 2 aliphatic heterocycles. The van der Waals surface area contributed by atoms with Gasteiger partial charge < -0.3 is 15.4 Å². The second-order valence-corrected chi connectivity index (χ2v) is 6.19. The number of fused-ring (bicyclic) bond motifs is 2. The molecule has 8 heteroatoms. The Morgan fingerprint density at radius 2 is 2.05 bits per heavy atom. The molecule has 3 heterocycles. The molecule has 2 bridgehead atoms. The summed E-state index contributed by atoms with van der Waals surface area (Å²) in [5, 5.41) is 8.02. The zero-order valence-electron chi connectivity index (χ0n) is 11.2. The van der Waals surface area contributed by atoms with Crippen LogP contribution in [-0.2, 0) is 0 Å². The van der Waals surface area contributed by atoms with Crippen LogP contribution in [0.3, 0.4) is 0 Å². The number of amides is 1. The lowest BCUT2D eigenvalue weighted by atomic mass is 10.00. The third-order valence-corrected chi connectivity index (χ3v) is 4.75. The number of thiophene rings is 1. The summed E-state index contributed by atoms with van der Waals surface area (Å²) in [6, 6.07) is 2.46. The first-order chi connectivity index (χ1) is 9.61. The van der Waals surface area contributed by atoms with Crippen LogP contribution < -0.4 is 15.4 Å². The Morgan fingerprint density at radius 1 is 1.38 bits per heavy atom. The van der Waals surface area contributed by atoms with Gasteiger partial charge in [-0.25, -0.2) is 0 Å². The monoisotopic (exact) mass is 338 g/mol. The second kappa shape index (κ2) is 6.89. The first-order valence-corrected chi connectivity index (χ1v) is 7.59. The van der Waals surface area contributed by atoms with Gasteiger partial charge in [0.05, 0.1) is 0 Å². The lowest BCUT2D eigenvalue weighted by Gasteiger charge is -2.29. The van der Waals surface area contributed by atoms with Crippen LogP contribution in [0, 0.1) is 0 Å². The number of ether oxygens (including phenoxy) is 1. The number of halogens is 3. The van der Waals surface area contributed by atoms with Crippen molar-refractivity contribution in [3.05, 3.63) is 16.3 Å². The summed E-state index contributed by atoms with van der Waals surface area (Å²) in [6.07, 6.45) is 4.10. The minimum Gasteiger partial charge on any atom is -0.433 e. The summed E-state index contributed by atoms with van der Waals surface area (Å²) in [4.78, 5) is 12.4. The van der Waals surface area contributed by atoms with E-state index in [-0.39, 0.29) is 35.0 Å². The fourth-order valence-electron chi connectivity index (χ4n) is 3.08. The molecule has 2 fully saturated rings. The molecule has 0 aliphatic carbocycles. The van der Waals surface area contributed by atoms with E-state index in [0.717, 1.165) is 37.0 Å². The van der Waals surface area contributed by atoms with Crippen molar-refractivity contribution in [1.82, 2.24) is 10.6 Å². The highest BCUT2D eigenvalue weighted by atomic mass is 35.5. The maximum Gasteiger partial charge on any atom is 0.387 e. The highest BCUT2D eigenvalue weighted by Crippen LogP contribution is 2.29. The Balaban J connectivity index is 0.00000161. The van der Waals surface area contributed by atoms with Crippen molar-refractivity contribution in [1.29, 1.82) is 0 Å². The number of hydrogen-bond acceptors (Lipinski definition) is 4. The van der Waals surface area contributed by atoms with Gasteiger partial charge in [0.25, 0.3) is 5.91 Å². The summed E-state index contributed by atoms with van der Waals surface area (Å²) in [5.74, 6) is -0.360. The van der Waals surface area contributed by atoms with E-state index in [2.05, 4.69) is 15.4 Å². The molecule has 1 aromatic heterocycles. The number of rotatable bonds is 4. The van der Waals surface area contributed by atoms with Gasteiger partial charge in [-0.2, -0.15) is 8.78 Å². The van der Waals surface area contributed by atoms with Gasteiger partial charge in [0, 0.05) is 18.1 Å². The lowest BCUT2D eigenvalue weighted by molar-refractivity contribution is -0.0498. The quantitative estimate of drug-likeness (QED) is 0.887. The highest BCUT2D eigenvalue weighted by Gasteiger charge is 2.34. The molecule has 1 aromatic rings. The van der Waals surface area contributed by atoms with Crippen molar-refractivity contribution >= 4 is 29.7 Å². The standard InChI is InChI=1S/C13H16F2N2O2S.ClH/c14-13(15)19-10-3-4-20-11(10)12(18)17-9-5-7-1-2-8(6-9)16-7;/h3-4,7-9,13,16H,1-2,5-6H2,(H,17,18);1H. The smallest absolute Gasteiger partial charge is 0.387 e. The summed E-state index contributed by atoms with van der Waals surface area (Å²) >= 11 is 1.12. The number of piperidine rings is 1. The van der Waals surface area contributed by atoms with Gasteiger partial charge in [-0.15, -0.1) is 23.7 Å². The van der Waals surface area contributed by atoms with Crippen molar-refractivity contribution in [2.24, 2.45) is 0 Å². The van der Waals surface area contributed by atoms with Crippen LogP contribution in [0.5, 0.6) is 5.75 Å². The fraction of sp³-hybridized carbons (Fsp3) is 0.615. The van der Waals surface area contributed by atoms with E-state index in [1.54, 1.807) is 5.38 Å². The maximum atomic E-state index is 12.3. The van der Waals surface area contributed by atoms with Gasteiger partial charge in [-0.3, -0.25) is 4.79 Å². The molecule has 4 nitrogen and oxygen atoms in total. The number of alkyl halides is 2. The van der Waals surface area contributed by atoms with E-state index in [0.29, 0.717) is 12.1 Å². The Morgan fingerprint density at radius 3 is 2.67 bits per heavy atom. The number of carbonyl (C=O) groups excluding carboxylic acids is 1. The lowest BCUT2D eigenvalue weighted by Crippen LogP contribution is -2.47. The Hall–Kier alpha value is -0.920. The summed E-state index contributed by atoms with van der Waals surface area (Å²) in [6.45, 7) is -2.91. The molecule has 0 spiro atoms. The SMILES string of the molecule is Cl.O=C(NC1CC2CCC(C1)N2)c1sccc1OC(F)F. The van der Waals surface area contributed by atoms with E-state index < -0.39 is 6.61 Å². The summed E-state index contributed by atoms with van der Waals surface area (Å²) in [7, 11) is 0. The van der Waals surface area contributed by atoms with Gasteiger partial charge >= 0.3 is 6.61 Å². The van der Waals surface area contributed by atoms with Crippen molar-refractivity contribution in [2.75, 3.05) is 0 Å². The zero-order valence-corrected chi connectivity index (χ0v) is 12.8. The molecule has 0 radical (unpaired) electrons. The minimum absolute atomic E-state index is 0. The number of hydrogen-bond donors (Lipinski definition) is 2. The van der Waals surface area contributed by atoms with Gasteiger partial charge in [-0.05, 0) is 37.1 Å². The van der Waals surface area contributed by atoms with Gasteiger partial charge in [0.15, 0.2) is 0 Å². The largest absolute Gasteiger partial charge is 0.433 e. The summed E-state index contributed by atoms with van der Waals surface area (Å²) < 4.78 is 28.9. The van der Waals surface area contributed by atoms with Crippen LogP contribution in [-0.4, -0.2) is 30.6 Å². The first kappa shape index (κ1) is 16.5. The first-order valence-electron chi connectivity index (χ1n) is 6.71. The molecule has 2 unspecified atom stereocenters. The third-order valence-electron chi connectivity index (χ3n) is 3.86. The topological polar surface area (TPSA) is 50.4 Å². The average Bonchev–Trinajstić information content (AvgIpc) is 2.95. The predicted octanol–water partition coefficient (Wildman–Crippen LogP) is 2.78. The van der Waals surface area contributed by atoms with Gasteiger partial charge in [0.1, 0.15) is 10.6 Å². The molecule has 0 saturated carbocycles. The summed E-state index contributed by atoms with van der Waals surface area (Å²) in [5.41, 5.74) is 0. The van der Waals surface area contributed by atoms with Crippen LogP contribution >= 0.6 is 23.7 Å².